The largest absolute Gasteiger partial charge is 0.492 e. The minimum atomic E-state index is -3.40. The van der Waals surface area contributed by atoms with Gasteiger partial charge in [0.25, 0.3) is 11.7 Å². The van der Waals surface area contributed by atoms with Crippen molar-refractivity contribution in [1.82, 2.24) is 4.90 Å². The molecule has 0 aliphatic carbocycles. The molecular formula is C30H38N3O7S+. The average Bonchev–Trinajstić information content (AvgIpc) is 2.92. The molecule has 1 aliphatic heterocycles. The van der Waals surface area contributed by atoms with Gasteiger partial charge in [-0.05, 0) is 44.8 Å². The molecule has 3 N–H and O–H groups in total. The van der Waals surface area contributed by atoms with Gasteiger partial charge in [-0.2, -0.15) is 9.27 Å². The van der Waals surface area contributed by atoms with Crippen molar-refractivity contribution >= 4 is 44.2 Å². The Kier molecular flexibility index (Phi) is 9.33. The number of nitrogens with zero attached hydrogens (tertiary/aromatic N) is 1. The Hall–Kier alpha value is -3.51. The highest BCUT2D eigenvalue weighted by atomic mass is 32.3. The number of hydrogen-bond donors (Lipinski definition) is 3. The van der Waals surface area contributed by atoms with Gasteiger partial charge in [-0.3, -0.25) is 14.5 Å². The van der Waals surface area contributed by atoms with Gasteiger partial charge in [-0.25, -0.2) is 0 Å². The molecule has 1 aliphatic rings. The highest BCUT2D eigenvalue weighted by molar-refractivity contribution is 7.98. The molecule has 1 fully saturated rings. The summed E-state index contributed by atoms with van der Waals surface area (Å²) in [5, 5.41) is 4.00. The highest BCUT2D eigenvalue weighted by Gasteiger charge is 2.27. The van der Waals surface area contributed by atoms with Crippen molar-refractivity contribution in [3.63, 3.8) is 0 Å². The zero-order valence-corrected chi connectivity index (χ0v) is 24.9. The molecule has 4 rings (SSSR count). The van der Waals surface area contributed by atoms with Gasteiger partial charge in [0.05, 0.1) is 26.0 Å². The van der Waals surface area contributed by atoms with Crippen LogP contribution >= 0.6 is 0 Å². The van der Waals surface area contributed by atoms with Gasteiger partial charge in [0.2, 0.25) is 0 Å². The Labute approximate surface area is 241 Å². The number of Topliss-reactive ketones (excluding diaryl/α,β-unsaturated/α-hetero) is 1. The summed E-state index contributed by atoms with van der Waals surface area (Å²) in [4.78, 5) is 29.1. The molecule has 1 saturated heterocycles. The predicted octanol–water partition coefficient (Wildman–Crippen LogP) is 4.61. The topological polar surface area (TPSA) is 126 Å². The summed E-state index contributed by atoms with van der Waals surface area (Å²) in [6.45, 7) is 10.3. The first-order chi connectivity index (χ1) is 19.4. The van der Waals surface area contributed by atoms with E-state index >= 15 is 0 Å². The zero-order valence-electron chi connectivity index (χ0n) is 24.1. The number of methoxy groups -OCH3 is 1. The van der Waals surface area contributed by atoms with Crippen LogP contribution in [0.5, 0.6) is 11.5 Å². The number of carbonyl (C=O) groups excluding carboxylic acids is 2. The third-order valence-electron chi connectivity index (χ3n) is 6.81. The van der Waals surface area contributed by atoms with Crippen LogP contribution in [0, 0.1) is 0 Å². The molecule has 0 spiro atoms. The Morgan fingerprint density at radius 3 is 2.34 bits per heavy atom. The van der Waals surface area contributed by atoms with E-state index < -0.39 is 22.1 Å². The van der Waals surface area contributed by atoms with Crippen LogP contribution in [-0.4, -0.2) is 74.0 Å². The maximum Gasteiger partial charge on any atom is 0.307 e. The lowest BCUT2D eigenvalue weighted by molar-refractivity contribution is -0.112. The summed E-state index contributed by atoms with van der Waals surface area (Å²) in [5.41, 5.74) is 1.05. The van der Waals surface area contributed by atoms with Gasteiger partial charge in [-0.15, -0.1) is 0 Å². The van der Waals surface area contributed by atoms with E-state index in [1.807, 2.05) is 32.9 Å². The molecule has 1 atom stereocenters. The fourth-order valence-electron chi connectivity index (χ4n) is 4.66. The molecular weight excluding hydrogens is 546 g/mol. The number of nitrogens with one attached hydrogen (secondary N) is 2. The van der Waals surface area contributed by atoms with Crippen molar-refractivity contribution in [2.24, 2.45) is 0 Å². The molecule has 1 heterocycles. The monoisotopic (exact) mass is 584 g/mol. The number of rotatable bonds is 10. The van der Waals surface area contributed by atoms with E-state index in [9.17, 15) is 18.4 Å². The predicted molar refractivity (Wildman–Crippen MR) is 162 cm³/mol. The number of morpholine rings is 1. The number of anilines is 2. The van der Waals surface area contributed by atoms with Crippen molar-refractivity contribution in [3.8, 4) is 11.5 Å². The summed E-state index contributed by atoms with van der Waals surface area (Å²) < 4.78 is 41.6. The van der Waals surface area contributed by atoms with Crippen LogP contribution in [0.4, 0.5) is 11.4 Å². The van der Waals surface area contributed by atoms with E-state index in [1.165, 1.54) is 7.11 Å². The number of ether oxygens (including phenoxy) is 3. The molecule has 3 aromatic rings. The summed E-state index contributed by atoms with van der Waals surface area (Å²) in [6, 6.07) is 14.0. The van der Waals surface area contributed by atoms with Crippen LogP contribution < -0.4 is 19.5 Å². The summed E-state index contributed by atoms with van der Waals surface area (Å²) >= 11 is 0. The maximum atomic E-state index is 13.5. The molecule has 1 unspecified atom stereocenters. The quantitative estimate of drug-likeness (QED) is 0.179. The van der Waals surface area contributed by atoms with Crippen LogP contribution in [0.3, 0.4) is 0 Å². The highest BCUT2D eigenvalue weighted by Crippen LogP contribution is 2.39. The van der Waals surface area contributed by atoms with Gasteiger partial charge < -0.3 is 19.5 Å². The number of carbonyl (C=O) groups is 2. The average molecular weight is 585 g/mol. The molecule has 0 aromatic heterocycles. The molecule has 11 heteroatoms. The van der Waals surface area contributed by atoms with Crippen molar-refractivity contribution in [2.75, 3.05) is 62.9 Å². The molecule has 220 valence electrons. The molecule has 0 radical (unpaired) electrons. The lowest BCUT2D eigenvalue weighted by Crippen LogP contribution is -2.38. The zero-order chi connectivity index (χ0) is 29.8. The van der Waals surface area contributed by atoms with E-state index in [2.05, 4.69) is 14.9 Å². The Morgan fingerprint density at radius 2 is 1.71 bits per heavy atom. The van der Waals surface area contributed by atoms with E-state index in [-0.39, 0.29) is 28.1 Å². The van der Waals surface area contributed by atoms with E-state index in [0.29, 0.717) is 31.0 Å². The minimum absolute atomic E-state index is 0.136. The SMILES string of the molecule is COc1c(NC(=O)C(=O)c2ccc(OCCN3CCOCC3)c3ccccc23)cc(C(C)(C)C)cc1N[S+](C)(=O)O. The number of fused-ring (bicyclic) bond motifs is 1. The van der Waals surface area contributed by atoms with Crippen molar-refractivity contribution in [1.29, 1.82) is 0 Å². The smallest absolute Gasteiger partial charge is 0.307 e. The molecule has 0 saturated carbocycles. The van der Waals surface area contributed by atoms with Gasteiger partial charge >= 0.3 is 10.4 Å². The van der Waals surface area contributed by atoms with Crippen LogP contribution in [0.25, 0.3) is 10.8 Å². The van der Waals surface area contributed by atoms with Crippen LogP contribution in [-0.2, 0) is 29.6 Å². The van der Waals surface area contributed by atoms with Crippen LogP contribution in [0.1, 0.15) is 36.7 Å². The van der Waals surface area contributed by atoms with Crippen molar-refractivity contribution in [3.05, 3.63) is 59.7 Å². The van der Waals surface area contributed by atoms with E-state index in [4.69, 9.17) is 14.2 Å². The second kappa shape index (κ2) is 12.6. The van der Waals surface area contributed by atoms with Crippen molar-refractivity contribution in [2.45, 2.75) is 26.2 Å². The standard InChI is InChI=1S/C30H37N3O7S/c1-30(2,3)20-18-24(28(38-4)25(19-20)32-41(5,36)37)31-29(35)27(34)23-10-11-26(22-9-7-6-8-21(22)23)40-17-14-33-12-15-39-16-13-33/h6-11,18-19H,12-17H2,1-5H3,(H2-,31,32,35,36,37)/p+1. The minimum Gasteiger partial charge on any atom is -0.492 e. The van der Waals surface area contributed by atoms with E-state index in [1.54, 1.807) is 36.4 Å². The first-order valence-electron chi connectivity index (χ1n) is 13.4. The van der Waals surface area contributed by atoms with E-state index in [0.717, 1.165) is 36.8 Å². The molecule has 1 amide bonds. The summed E-state index contributed by atoms with van der Waals surface area (Å²) in [6.07, 6.45) is 1.14. The Morgan fingerprint density at radius 1 is 1.05 bits per heavy atom. The summed E-state index contributed by atoms with van der Waals surface area (Å²) in [7, 11) is -2.01. The number of benzene rings is 3. The van der Waals surface area contributed by atoms with Crippen LogP contribution in [0.2, 0.25) is 0 Å². The second-order valence-corrected chi connectivity index (χ2v) is 12.8. The maximum absolute atomic E-state index is 13.5. The number of ketones is 1. The van der Waals surface area contributed by atoms with Gasteiger partial charge in [-0.1, -0.05) is 45.0 Å². The molecule has 10 nitrogen and oxygen atoms in total. The van der Waals surface area contributed by atoms with Gasteiger partial charge in [0.1, 0.15) is 18.0 Å². The third kappa shape index (κ3) is 7.62. The first-order valence-corrected chi connectivity index (χ1v) is 15.3. The Bertz CT molecular complexity index is 1470. The lowest BCUT2D eigenvalue weighted by Gasteiger charge is -2.26. The molecule has 41 heavy (non-hydrogen) atoms. The fourth-order valence-corrected chi connectivity index (χ4v) is 5.22. The normalized spacial score (nSPS) is 15.7. The molecule has 0 bridgehead atoms. The Balaban J connectivity index is 1.60. The van der Waals surface area contributed by atoms with Gasteiger partial charge in [0.15, 0.2) is 12.0 Å². The fraction of sp³-hybridized carbons (Fsp3) is 0.400. The number of amides is 1. The number of hydrogen-bond acceptors (Lipinski definition) is 7. The van der Waals surface area contributed by atoms with Crippen molar-refractivity contribution < 1.29 is 32.6 Å². The summed E-state index contributed by atoms with van der Waals surface area (Å²) in [5.74, 6) is -0.835. The van der Waals surface area contributed by atoms with Crippen LogP contribution in [0.15, 0.2) is 48.5 Å². The second-order valence-electron chi connectivity index (χ2n) is 11.0. The lowest BCUT2D eigenvalue weighted by atomic mass is 9.86. The first kappa shape index (κ1) is 30.4. The molecule has 3 aromatic carbocycles. The van der Waals surface area contributed by atoms with Gasteiger partial charge in [0, 0.05) is 30.6 Å². The third-order valence-corrected chi connectivity index (χ3v) is 7.41.